The minimum Gasteiger partial charge on any atom is -0.317 e. The number of hydrogen-bond donors (Lipinski definition) is 1. The minimum absolute atomic E-state index is 0.292. The van der Waals surface area contributed by atoms with Crippen LogP contribution in [0.15, 0.2) is 77.0 Å². The summed E-state index contributed by atoms with van der Waals surface area (Å²) in [6.07, 6.45) is 3.88. The average Bonchev–Trinajstić information content (AvgIpc) is 2.64. The molecule has 1 aliphatic heterocycles. The van der Waals surface area contributed by atoms with Crippen molar-refractivity contribution in [2.45, 2.75) is 34.5 Å². The van der Waals surface area contributed by atoms with Gasteiger partial charge in [-0.15, -0.1) is 6.58 Å². The molecule has 0 atom stereocenters. The van der Waals surface area contributed by atoms with Crippen LogP contribution in [0.1, 0.15) is 24.8 Å². The first-order valence-corrected chi connectivity index (χ1v) is 9.25. The second-order valence-electron chi connectivity index (χ2n) is 6.16. The SMILES string of the molecule is C=CCC(=O)C1(c2ccccc2Sc2ccccc2)CCNCC1. The van der Waals surface area contributed by atoms with E-state index in [0.29, 0.717) is 12.2 Å². The molecule has 0 saturated carbocycles. The van der Waals surface area contributed by atoms with Crippen LogP contribution in [0.5, 0.6) is 0 Å². The van der Waals surface area contributed by atoms with Crippen molar-refractivity contribution in [2.75, 3.05) is 13.1 Å². The van der Waals surface area contributed by atoms with E-state index >= 15 is 0 Å². The molecule has 1 heterocycles. The van der Waals surface area contributed by atoms with E-state index < -0.39 is 5.41 Å². The van der Waals surface area contributed by atoms with Gasteiger partial charge in [0.05, 0.1) is 5.41 Å². The molecule has 124 valence electrons. The normalized spacial score (nSPS) is 16.5. The molecule has 1 saturated heterocycles. The second kappa shape index (κ2) is 7.82. The summed E-state index contributed by atoms with van der Waals surface area (Å²) in [6.45, 7) is 5.53. The van der Waals surface area contributed by atoms with Crippen molar-refractivity contribution >= 4 is 17.5 Å². The fourth-order valence-electron chi connectivity index (χ4n) is 3.44. The highest BCUT2D eigenvalue weighted by Gasteiger charge is 2.41. The molecule has 3 heteroatoms. The van der Waals surface area contributed by atoms with Crippen molar-refractivity contribution in [3.05, 3.63) is 72.8 Å². The van der Waals surface area contributed by atoms with Crippen LogP contribution in [-0.2, 0) is 10.2 Å². The lowest BCUT2D eigenvalue weighted by molar-refractivity contribution is -0.124. The van der Waals surface area contributed by atoms with Gasteiger partial charge in [0.25, 0.3) is 0 Å². The van der Waals surface area contributed by atoms with E-state index in [4.69, 9.17) is 0 Å². The lowest BCUT2D eigenvalue weighted by atomic mass is 9.69. The Hall–Kier alpha value is -1.84. The highest BCUT2D eigenvalue weighted by molar-refractivity contribution is 7.99. The van der Waals surface area contributed by atoms with Crippen molar-refractivity contribution in [1.29, 1.82) is 0 Å². The van der Waals surface area contributed by atoms with Gasteiger partial charge >= 0.3 is 0 Å². The van der Waals surface area contributed by atoms with Crippen LogP contribution in [0.2, 0.25) is 0 Å². The third kappa shape index (κ3) is 3.47. The van der Waals surface area contributed by atoms with Crippen molar-refractivity contribution in [3.8, 4) is 0 Å². The summed E-state index contributed by atoms with van der Waals surface area (Å²) in [7, 11) is 0. The third-order valence-electron chi connectivity index (χ3n) is 4.69. The first-order chi connectivity index (χ1) is 11.8. The molecule has 2 nitrogen and oxygen atoms in total. The molecule has 0 aliphatic carbocycles. The van der Waals surface area contributed by atoms with Gasteiger partial charge in [0.15, 0.2) is 0 Å². The van der Waals surface area contributed by atoms with Gasteiger partial charge in [-0.05, 0) is 49.7 Å². The Kier molecular flexibility index (Phi) is 5.54. The van der Waals surface area contributed by atoms with Gasteiger partial charge < -0.3 is 5.32 Å². The van der Waals surface area contributed by atoms with Crippen LogP contribution < -0.4 is 5.32 Å². The smallest absolute Gasteiger partial charge is 0.147 e. The van der Waals surface area contributed by atoms with Gasteiger partial charge in [-0.25, -0.2) is 0 Å². The van der Waals surface area contributed by atoms with Gasteiger partial charge in [-0.2, -0.15) is 0 Å². The lowest BCUT2D eigenvalue weighted by Gasteiger charge is -2.38. The maximum Gasteiger partial charge on any atom is 0.147 e. The monoisotopic (exact) mass is 337 g/mol. The Labute approximate surface area is 148 Å². The van der Waals surface area contributed by atoms with Crippen molar-refractivity contribution in [1.82, 2.24) is 5.32 Å². The molecule has 0 amide bonds. The van der Waals surface area contributed by atoms with E-state index in [0.717, 1.165) is 25.9 Å². The van der Waals surface area contributed by atoms with Crippen molar-refractivity contribution < 1.29 is 4.79 Å². The number of allylic oxidation sites excluding steroid dienone is 1. The Balaban J connectivity index is 2.02. The highest BCUT2D eigenvalue weighted by Crippen LogP contribution is 2.42. The summed E-state index contributed by atoms with van der Waals surface area (Å²) < 4.78 is 0. The van der Waals surface area contributed by atoms with Crippen molar-refractivity contribution in [2.24, 2.45) is 0 Å². The maximum absolute atomic E-state index is 13.0. The first kappa shape index (κ1) is 17.0. The summed E-state index contributed by atoms with van der Waals surface area (Å²) in [5.41, 5.74) is 0.782. The molecule has 1 N–H and O–H groups in total. The predicted molar refractivity (Wildman–Crippen MR) is 101 cm³/mol. The molecule has 2 aromatic carbocycles. The Morgan fingerprint density at radius 3 is 2.46 bits per heavy atom. The summed E-state index contributed by atoms with van der Waals surface area (Å²) in [5.74, 6) is 0.292. The molecule has 0 spiro atoms. The fraction of sp³-hybridized carbons (Fsp3) is 0.286. The standard InChI is InChI=1S/C21H23NOS/c1-2-8-20(23)21(13-15-22-16-14-21)18-11-6-7-12-19(18)24-17-9-4-3-5-10-17/h2-7,9-12,22H,1,8,13-16H2. The number of rotatable bonds is 6. The van der Waals surface area contributed by atoms with E-state index in [-0.39, 0.29) is 0 Å². The second-order valence-corrected chi connectivity index (χ2v) is 7.27. The van der Waals surface area contributed by atoms with Crippen LogP contribution in [-0.4, -0.2) is 18.9 Å². The van der Waals surface area contributed by atoms with Crippen LogP contribution in [0.25, 0.3) is 0 Å². The number of carbonyl (C=O) groups is 1. The molecule has 2 aromatic rings. The zero-order valence-electron chi connectivity index (χ0n) is 13.8. The Bertz CT molecular complexity index is 705. The van der Waals surface area contributed by atoms with E-state index in [1.807, 2.05) is 18.2 Å². The molecule has 0 radical (unpaired) electrons. The molecule has 1 fully saturated rings. The largest absolute Gasteiger partial charge is 0.317 e. The Morgan fingerprint density at radius 1 is 1.08 bits per heavy atom. The number of piperidine rings is 1. The quantitative estimate of drug-likeness (QED) is 0.781. The van der Waals surface area contributed by atoms with Gasteiger partial charge in [0, 0.05) is 16.2 Å². The summed E-state index contributed by atoms with van der Waals surface area (Å²) in [5, 5.41) is 3.39. The number of benzene rings is 2. The van der Waals surface area contributed by atoms with Gasteiger partial charge in [-0.3, -0.25) is 4.79 Å². The van der Waals surface area contributed by atoms with Gasteiger partial charge in [-0.1, -0.05) is 54.2 Å². The third-order valence-corrected chi connectivity index (χ3v) is 5.78. The van der Waals surface area contributed by atoms with E-state index in [1.54, 1.807) is 17.8 Å². The van der Waals surface area contributed by atoms with E-state index in [1.165, 1.54) is 15.4 Å². The summed E-state index contributed by atoms with van der Waals surface area (Å²) in [6, 6.07) is 18.7. The molecule has 3 rings (SSSR count). The van der Waals surface area contributed by atoms with Gasteiger partial charge in [0.1, 0.15) is 5.78 Å². The molecule has 0 aromatic heterocycles. The Morgan fingerprint density at radius 2 is 1.75 bits per heavy atom. The zero-order valence-corrected chi connectivity index (χ0v) is 14.6. The summed E-state index contributed by atoms with van der Waals surface area (Å²) in [4.78, 5) is 15.4. The average molecular weight is 337 g/mol. The maximum atomic E-state index is 13.0. The molecule has 0 bridgehead atoms. The fourth-order valence-corrected chi connectivity index (χ4v) is 4.51. The number of carbonyl (C=O) groups excluding carboxylic acids is 1. The minimum atomic E-state index is -0.391. The molecule has 24 heavy (non-hydrogen) atoms. The predicted octanol–water partition coefficient (Wildman–Crippen LogP) is 4.60. The number of nitrogens with one attached hydrogen (secondary N) is 1. The lowest BCUT2D eigenvalue weighted by Crippen LogP contribution is -2.45. The van der Waals surface area contributed by atoms with Crippen LogP contribution in [0.3, 0.4) is 0 Å². The van der Waals surface area contributed by atoms with E-state index in [2.05, 4.69) is 48.3 Å². The first-order valence-electron chi connectivity index (χ1n) is 8.43. The van der Waals surface area contributed by atoms with Crippen LogP contribution in [0.4, 0.5) is 0 Å². The molecular weight excluding hydrogens is 314 g/mol. The summed E-state index contributed by atoms with van der Waals surface area (Å²) >= 11 is 1.74. The molecular formula is C21H23NOS. The molecule has 1 aliphatic rings. The van der Waals surface area contributed by atoms with Gasteiger partial charge in [0.2, 0.25) is 0 Å². The zero-order chi connectivity index (χ0) is 16.8. The van der Waals surface area contributed by atoms with Crippen LogP contribution >= 0.6 is 11.8 Å². The van der Waals surface area contributed by atoms with Crippen LogP contribution in [0, 0.1) is 0 Å². The van der Waals surface area contributed by atoms with E-state index in [9.17, 15) is 4.79 Å². The highest BCUT2D eigenvalue weighted by atomic mass is 32.2. The number of ketones is 1. The van der Waals surface area contributed by atoms with Crippen molar-refractivity contribution in [3.63, 3.8) is 0 Å². The topological polar surface area (TPSA) is 29.1 Å². The number of Topliss-reactive ketones (excluding diaryl/α,β-unsaturated/α-hetero) is 1. The number of hydrogen-bond acceptors (Lipinski definition) is 3. The molecule has 0 unspecified atom stereocenters.